The van der Waals surface area contributed by atoms with Gasteiger partial charge in [0.2, 0.25) is 0 Å². The number of rotatable bonds is 5. The van der Waals surface area contributed by atoms with E-state index >= 15 is 0 Å². The van der Waals surface area contributed by atoms with Crippen molar-refractivity contribution in [1.82, 2.24) is 5.32 Å². The van der Waals surface area contributed by atoms with Crippen LogP contribution >= 0.6 is 0 Å². The number of furan rings is 1. The lowest BCUT2D eigenvalue weighted by atomic mass is 10.0. The van der Waals surface area contributed by atoms with Crippen LogP contribution in [0, 0.1) is 24.2 Å². The van der Waals surface area contributed by atoms with Gasteiger partial charge in [-0.2, -0.15) is 0 Å². The molecule has 0 aliphatic rings. The Morgan fingerprint density at radius 3 is 2.35 bits per heavy atom. The Bertz CT molecular complexity index is 1090. The maximum absolute atomic E-state index is 14.1. The van der Waals surface area contributed by atoms with Crippen LogP contribution in [-0.4, -0.2) is 31.1 Å². The number of ketones is 2. The minimum absolute atomic E-state index is 0.00982. The highest BCUT2D eigenvalue weighted by Gasteiger charge is 2.26. The molecule has 0 atom stereocenters. The van der Waals surface area contributed by atoms with Gasteiger partial charge in [-0.3, -0.25) is 14.4 Å². The lowest BCUT2D eigenvalue weighted by Crippen LogP contribution is -2.44. The number of amides is 1. The molecule has 0 spiro atoms. The van der Waals surface area contributed by atoms with Gasteiger partial charge < -0.3 is 9.73 Å². The first-order valence-electron chi connectivity index (χ1n) is 9.98. The normalized spacial score (nSPS) is 11.5. The molecule has 1 N–H and O–H groups in total. The Hall–Kier alpha value is -2.98. The van der Waals surface area contributed by atoms with E-state index in [4.69, 9.17) is 4.42 Å². The smallest absolute Gasteiger partial charge is 0.296 e. The predicted octanol–water partition coefficient (Wildman–Crippen LogP) is 4.48. The molecule has 0 unspecified atom stereocenters. The van der Waals surface area contributed by atoms with E-state index in [0.717, 1.165) is 0 Å². The monoisotopic (exact) mass is 441 g/mol. The molecule has 1 aromatic carbocycles. The van der Waals surface area contributed by atoms with Crippen LogP contribution in [-0.2, 0) is 11.2 Å². The fourth-order valence-corrected chi connectivity index (χ4v) is 3.20. The van der Waals surface area contributed by atoms with Crippen molar-refractivity contribution in [2.24, 2.45) is 0 Å². The van der Waals surface area contributed by atoms with E-state index in [9.17, 15) is 18.8 Å². The Morgan fingerprint density at radius 1 is 1.13 bits per heavy atom. The average Bonchev–Trinajstić information content (AvgIpc) is 3.01. The third kappa shape index (κ3) is 7.04. The molecule has 5 nitrogen and oxygen atoms in total. The molecule has 2 aromatic rings. The number of halogens is 1. The third-order valence-electron chi connectivity index (χ3n) is 4.10. The zero-order valence-electron chi connectivity index (χ0n) is 19.0. The van der Waals surface area contributed by atoms with Crippen molar-refractivity contribution in [1.29, 1.82) is 0 Å². The summed E-state index contributed by atoms with van der Waals surface area (Å²) in [5.41, 5.74) is 3.61. The summed E-state index contributed by atoms with van der Waals surface area (Å²) in [4.78, 5) is 37.2. The number of carbonyl (C=O) groups is 3. The van der Waals surface area contributed by atoms with Crippen LogP contribution in [0.25, 0.3) is 0 Å². The minimum Gasteiger partial charge on any atom is -0.457 e. The van der Waals surface area contributed by atoms with Crippen LogP contribution in [0.3, 0.4) is 0 Å². The largest absolute Gasteiger partial charge is 0.457 e. The minimum atomic E-state index is -1.68. The van der Waals surface area contributed by atoms with E-state index in [1.807, 2.05) is 0 Å². The molecule has 0 aliphatic carbocycles. The van der Waals surface area contributed by atoms with E-state index < -0.39 is 31.1 Å². The van der Waals surface area contributed by atoms with Gasteiger partial charge in [0.05, 0.1) is 11.1 Å². The number of hydrogen-bond acceptors (Lipinski definition) is 4. The van der Waals surface area contributed by atoms with Gasteiger partial charge in [0.15, 0.2) is 11.5 Å². The zero-order valence-corrected chi connectivity index (χ0v) is 20.0. The van der Waals surface area contributed by atoms with Crippen LogP contribution in [0.1, 0.15) is 58.6 Å². The Balaban J connectivity index is 2.23. The average molecular weight is 442 g/mol. The topological polar surface area (TPSA) is 76.4 Å². The van der Waals surface area contributed by atoms with Crippen LogP contribution < -0.4 is 5.32 Å². The Labute approximate surface area is 183 Å². The van der Waals surface area contributed by atoms with Crippen LogP contribution in [0.5, 0.6) is 0 Å². The molecular formula is C24H28FNO4Si. The number of aryl methyl sites for hydroxylation is 1. The zero-order chi connectivity index (χ0) is 23.6. The molecule has 0 saturated heterocycles. The van der Waals surface area contributed by atoms with Gasteiger partial charge in [-0.05, 0) is 51.5 Å². The summed E-state index contributed by atoms with van der Waals surface area (Å²) in [7, 11) is -1.68. The molecule has 0 aliphatic heterocycles. The van der Waals surface area contributed by atoms with Crippen molar-refractivity contribution in [3.63, 3.8) is 0 Å². The van der Waals surface area contributed by atoms with Crippen LogP contribution in [0.4, 0.5) is 4.39 Å². The van der Waals surface area contributed by atoms with Gasteiger partial charge in [0.25, 0.3) is 11.7 Å². The second-order valence-corrected chi connectivity index (χ2v) is 14.3. The van der Waals surface area contributed by atoms with Crippen molar-refractivity contribution in [2.45, 2.75) is 59.3 Å². The molecule has 0 bridgehead atoms. The van der Waals surface area contributed by atoms with Gasteiger partial charge in [0.1, 0.15) is 19.7 Å². The molecule has 2 rings (SSSR count). The summed E-state index contributed by atoms with van der Waals surface area (Å²) in [5, 5.41) is 2.57. The summed E-state index contributed by atoms with van der Waals surface area (Å²) in [6.45, 7) is 13.0. The quantitative estimate of drug-likeness (QED) is 0.321. The van der Waals surface area contributed by atoms with Crippen molar-refractivity contribution < 1.29 is 23.2 Å². The first-order chi connectivity index (χ1) is 14.2. The molecule has 7 heteroatoms. The van der Waals surface area contributed by atoms with Crippen molar-refractivity contribution in [2.75, 3.05) is 0 Å². The summed E-state index contributed by atoms with van der Waals surface area (Å²) < 4.78 is 19.5. The van der Waals surface area contributed by atoms with Crippen LogP contribution in [0.2, 0.25) is 19.6 Å². The fourth-order valence-electron chi connectivity index (χ4n) is 2.69. The number of benzene rings is 1. The Kier molecular flexibility index (Phi) is 7.07. The number of Topliss-reactive ketones (excluding diaryl/α,β-unsaturated/α-hetero) is 2. The summed E-state index contributed by atoms with van der Waals surface area (Å²) in [6, 6.07) is 5.69. The second kappa shape index (κ2) is 9.02. The number of hydrogen-bond donors (Lipinski definition) is 1. The summed E-state index contributed by atoms with van der Waals surface area (Å²) in [6.07, 6.45) is -0.00982. The molecule has 31 heavy (non-hydrogen) atoms. The highest BCUT2D eigenvalue weighted by molar-refractivity contribution is 6.83. The third-order valence-corrected chi connectivity index (χ3v) is 4.98. The molecular weight excluding hydrogens is 413 g/mol. The highest BCUT2D eigenvalue weighted by atomic mass is 28.3. The number of carbonyl (C=O) groups excluding carboxylic acids is 3. The first-order valence-corrected chi connectivity index (χ1v) is 13.5. The van der Waals surface area contributed by atoms with Gasteiger partial charge in [0, 0.05) is 12.0 Å². The summed E-state index contributed by atoms with van der Waals surface area (Å²) in [5.74, 6) is 0.566. The van der Waals surface area contributed by atoms with E-state index in [1.54, 1.807) is 33.8 Å². The van der Waals surface area contributed by atoms with Crippen molar-refractivity contribution in [3.8, 4) is 11.5 Å². The van der Waals surface area contributed by atoms with E-state index in [2.05, 4.69) is 36.4 Å². The van der Waals surface area contributed by atoms with E-state index in [1.165, 1.54) is 18.2 Å². The van der Waals surface area contributed by atoms with E-state index in [-0.39, 0.29) is 34.9 Å². The molecule has 1 heterocycles. The van der Waals surface area contributed by atoms with Gasteiger partial charge in [-0.15, -0.1) is 5.54 Å². The molecule has 1 aromatic heterocycles. The number of nitrogens with one attached hydrogen (secondary N) is 1. The van der Waals surface area contributed by atoms with Gasteiger partial charge >= 0.3 is 0 Å². The molecule has 0 radical (unpaired) electrons. The second-order valence-electron chi connectivity index (χ2n) is 9.53. The first kappa shape index (κ1) is 24.3. The van der Waals surface area contributed by atoms with Crippen LogP contribution in [0.15, 0.2) is 28.7 Å². The molecule has 0 fully saturated rings. The van der Waals surface area contributed by atoms with Crippen molar-refractivity contribution >= 4 is 25.5 Å². The SMILES string of the molecule is Cc1oc(C(=O)C(=O)NC(C)(C)C)cc1C(=O)Cc1ccc(F)c(C#C[Si](C)(C)C)c1. The van der Waals surface area contributed by atoms with Crippen molar-refractivity contribution in [3.05, 3.63) is 58.3 Å². The summed E-state index contributed by atoms with van der Waals surface area (Å²) >= 11 is 0. The molecule has 0 saturated carbocycles. The van der Waals surface area contributed by atoms with Gasteiger partial charge in [-0.25, -0.2) is 4.39 Å². The lowest BCUT2D eigenvalue weighted by molar-refractivity contribution is -0.118. The highest BCUT2D eigenvalue weighted by Crippen LogP contribution is 2.19. The maximum Gasteiger partial charge on any atom is 0.296 e. The standard InChI is InChI=1S/C24H28FNO4Si/c1-15-18(14-21(30-15)22(28)23(29)26-24(2,3)4)20(27)13-16-8-9-19(25)17(12-16)10-11-31(5,6)7/h8-9,12,14H,13H2,1-7H3,(H,26,29). The van der Waals surface area contributed by atoms with E-state index in [0.29, 0.717) is 5.56 Å². The predicted molar refractivity (Wildman–Crippen MR) is 120 cm³/mol. The molecule has 164 valence electrons. The van der Waals surface area contributed by atoms with Gasteiger partial charge in [-0.1, -0.05) is 31.6 Å². The molecule has 1 amide bonds. The Morgan fingerprint density at radius 2 is 1.77 bits per heavy atom. The fraction of sp³-hybridized carbons (Fsp3) is 0.375. The maximum atomic E-state index is 14.1. The lowest BCUT2D eigenvalue weighted by Gasteiger charge is -2.19.